The van der Waals surface area contributed by atoms with Gasteiger partial charge in [0.1, 0.15) is 6.10 Å². The van der Waals surface area contributed by atoms with Gasteiger partial charge in [-0.3, -0.25) is 4.79 Å². The molecule has 1 N–H and O–H groups in total. The van der Waals surface area contributed by atoms with Gasteiger partial charge in [-0.05, 0) is 53.4 Å². The molecule has 110 valence electrons. The molecule has 2 rings (SSSR count). The highest BCUT2D eigenvalue weighted by molar-refractivity contribution is 9.10. The van der Waals surface area contributed by atoms with Crippen molar-refractivity contribution >= 4 is 47.3 Å². The van der Waals surface area contributed by atoms with Crippen LogP contribution in [0.4, 0.5) is 5.69 Å². The predicted octanol–water partition coefficient (Wildman–Crippen LogP) is 2.80. The fourth-order valence-corrected chi connectivity index (χ4v) is 3.81. The number of benzene rings is 1. The number of carbonyl (C=O) groups is 1. The van der Waals surface area contributed by atoms with Crippen LogP contribution in [0, 0.1) is 6.92 Å². The summed E-state index contributed by atoms with van der Waals surface area (Å²) in [4.78, 5) is 12.0. The van der Waals surface area contributed by atoms with E-state index in [4.69, 9.17) is 15.4 Å². The van der Waals surface area contributed by atoms with Gasteiger partial charge in [-0.2, -0.15) is 0 Å². The Hall–Kier alpha value is -0.630. The van der Waals surface area contributed by atoms with Gasteiger partial charge >= 0.3 is 0 Å². The number of nitrogens with one attached hydrogen (secondary N) is 1. The lowest BCUT2D eigenvalue weighted by Gasteiger charge is -2.13. The van der Waals surface area contributed by atoms with Crippen LogP contribution in [0.5, 0.6) is 0 Å². The molecule has 0 spiro atoms. The van der Waals surface area contributed by atoms with Gasteiger partial charge in [-0.1, -0.05) is 0 Å². The molecule has 1 fully saturated rings. The molecular formula is C12H13BrClNO4S. The van der Waals surface area contributed by atoms with Crippen LogP contribution in [-0.4, -0.2) is 27.0 Å². The minimum atomic E-state index is -3.81. The quantitative estimate of drug-likeness (QED) is 0.816. The highest BCUT2D eigenvalue weighted by Gasteiger charge is 2.24. The first-order chi connectivity index (χ1) is 9.29. The Bertz CT molecular complexity index is 641. The van der Waals surface area contributed by atoms with Crippen molar-refractivity contribution in [3.8, 4) is 0 Å². The molecule has 1 unspecified atom stereocenters. The number of anilines is 1. The van der Waals surface area contributed by atoms with Crippen LogP contribution < -0.4 is 5.32 Å². The average molecular weight is 383 g/mol. The largest absolute Gasteiger partial charge is 0.368 e. The second-order valence-corrected chi connectivity index (χ2v) is 7.92. The Morgan fingerprint density at radius 2 is 2.20 bits per heavy atom. The van der Waals surface area contributed by atoms with Crippen LogP contribution in [0.1, 0.15) is 18.4 Å². The molecule has 8 heteroatoms. The summed E-state index contributed by atoms with van der Waals surface area (Å²) in [6.45, 7) is 2.20. The van der Waals surface area contributed by atoms with Gasteiger partial charge in [0.15, 0.2) is 0 Å². The lowest BCUT2D eigenvalue weighted by Crippen LogP contribution is -2.27. The Balaban J connectivity index is 2.25. The van der Waals surface area contributed by atoms with Gasteiger partial charge in [0.05, 0.1) is 10.6 Å². The number of carbonyl (C=O) groups excluding carboxylic acids is 1. The molecule has 1 heterocycles. The van der Waals surface area contributed by atoms with E-state index >= 15 is 0 Å². The minimum absolute atomic E-state index is 0.0150. The van der Waals surface area contributed by atoms with Crippen molar-refractivity contribution in [1.29, 1.82) is 0 Å². The van der Waals surface area contributed by atoms with Crippen molar-refractivity contribution in [3.63, 3.8) is 0 Å². The van der Waals surface area contributed by atoms with E-state index in [0.717, 1.165) is 6.42 Å². The van der Waals surface area contributed by atoms with Gasteiger partial charge in [0.2, 0.25) is 0 Å². The zero-order valence-corrected chi connectivity index (χ0v) is 13.8. The van der Waals surface area contributed by atoms with E-state index in [2.05, 4.69) is 21.2 Å². The van der Waals surface area contributed by atoms with Crippen LogP contribution >= 0.6 is 26.6 Å². The molecule has 1 aliphatic rings. The van der Waals surface area contributed by atoms with E-state index in [0.29, 0.717) is 28.8 Å². The topological polar surface area (TPSA) is 72.5 Å². The molecule has 0 radical (unpaired) electrons. The number of ether oxygens (including phenoxy) is 1. The molecule has 1 aromatic carbocycles. The summed E-state index contributed by atoms with van der Waals surface area (Å²) in [5, 5.41) is 2.72. The van der Waals surface area contributed by atoms with Gasteiger partial charge < -0.3 is 10.1 Å². The van der Waals surface area contributed by atoms with E-state index in [9.17, 15) is 13.2 Å². The van der Waals surface area contributed by atoms with Crippen molar-refractivity contribution in [1.82, 2.24) is 0 Å². The first-order valence-electron chi connectivity index (χ1n) is 5.96. The number of aryl methyl sites for hydroxylation is 1. The number of halogens is 2. The molecule has 5 nitrogen and oxygen atoms in total. The number of hydrogen-bond acceptors (Lipinski definition) is 4. The van der Waals surface area contributed by atoms with Gasteiger partial charge in [0.25, 0.3) is 15.0 Å². The molecule has 0 aromatic heterocycles. The number of rotatable bonds is 3. The van der Waals surface area contributed by atoms with Crippen molar-refractivity contribution in [3.05, 3.63) is 22.2 Å². The Labute approximate surface area is 130 Å². The van der Waals surface area contributed by atoms with Crippen molar-refractivity contribution in [2.24, 2.45) is 0 Å². The van der Waals surface area contributed by atoms with Crippen molar-refractivity contribution in [2.75, 3.05) is 11.9 Å². The average Bonchev–Trinajstić information content (AvgIpc) is 2.85. The molecule has 1 atom stereocenters. The monoisotopic (exact) mass is 381 g/mol. The first kappa shape index (κ1) is 15.8. The molecular weight excluding hydrogens is 370 g/mol. The maximum absolute atomic E-state index is 12.0. The lowest BCUT2D eigenvalue weighted by molar-refractivity contribution is -0.124. The fraction of sp³-hybridized carbons (Fsp3) is 0.417. The molecule has 1 saturated heterocycles. The summed E-state index contributed by atoms with van der Waals surface area (Å²) < 4.78 is 28.5. The van der Waals surface area contributed by atoms with Crippen LogP contribution in [0.2, 0.25) is 0 Å². The van der Waals surface area contributed by atoms with Gasteiger partial charge in [0, 0.05) is 21.8 Å². The van der Waals surface area contributed by atoms with Crippen LogP contribution in [0.3, 0.4) is 0 Å². The molecule has 1 aliphatic heterocycles. The predicted molar refractivity (Wildman–Crippen MR) is 79.5 cm³/mol. The Kier molecular flexibility index (Phi) is 4.73. The van der Waals surface area contributed by atoms with E-state index < -0.39 is 15.2 Å². The second-order valence-electron chi connectivity index (χ2n) is 4.53. The third kappa shape index (κ3) is 3.52. The normalized spacial score (nSPS) is 19.1. The second kappa shape index (κ2) is 6.01. The van der Waals surface area contributed by atoms with Crippen LogP contribution in [-0.2, 0) is 18.6 Å². The summed E-state index contributed by atoms with van der Waals surface area (Å²) in [6, 6.07) is 2.94. The molecule has 1 aromatic rings. The molecule has 0 saturated carbocycles. The maximum Gasteiger partial charge on any atom is 0.261 e. The summed E-state index contributed by atoms with van der Waals surface area (Å²) in [5.74, 6) is -0.232. The summed E-state index contributed by atoms with van der Waals surface area (Å²) in [7, 11) is 1.53. The molecule has 1 amide bonds. The number of amides is 1. The first-order valence-corrected chi connectivity index (χ1v) is 9.06. The van der Waals surface area contributed by atoms with Crippen LogP contribution in [0.25, 0.3) is 0 Å². The fourth-order valence-electron chi connectivity index (χ4n) is 2.02. The van der Waals surface area contributed by atoms with E-state index in [-0.39, 0.29) is 10.8 Å². The lowest BCUT2D eigenvalue weighted by atomic mass is 10.2. The standard InChI is InChI=1S/C12H13BrClNO4S/c1-7-5-9(8(13)6-11(7)20(14,17)18)15-12(16)10-3-2-4-19-10/h5-6,10H,2-4H2,1H3,(H,15,16). The van der Waals surface area contributed by atoms with Crippen molar-refractivity contribution in [2.45, 2.75) is 30.8 Å². The van der Waals surface area contributed by atoms with E-state index in [1.165, 1.54) is 6.07 Å². The summed E-state index contributed by atoms with van der Waals surface area (Å²) in [6.07, 6.45) is 1.11. The highest BCUT2D eigenvalue weighted by atomic mass is 79.9. The Morgan fingerprint density at radius 3 is 2.75 bits per heavy atom. The smallest absolute Gasteiger partial charge is 0.261 e. The molecule has 20 heavy (non-hydrogen) atoms. The summed E-state index contributed by atoms with van der Waals surface area (Å²) >= 11 is 3.23. The van der Waals surface area contributed by atoms with Crippen LogP contribution in [0.15, 0.2) is 21.5 Å². The SMILES string of the molecule is Cc1cc(NC(=O)C2CCCO2)c(Br)cc1S(=O)(=O)Cl. The van der Waals surface area contributed by atoms with Gasteiger partial charge in [-0.15, -0.1) is 0 Å². The zero-order valence-electron chi connectivity index (χ0n) is 10.7. The van der Waals surface area contributed by atoms with E-state index in [1.807, 2.05) is 0 Å². The maximum atomic E-state index is 12.0. The Morgan fingerprint density at radius 1 is 1.50 bits per heavy atom. The van der Waals surface area contributed by atoms with E-state index in [1.54, 1.807) is 13.0 Å². The highest BCUT2D eigenvalue weighted by Crippen LogP contribution is 2.31. The third-order valence-corrected chi connectivity index (χ3v) is 5.13. The summed E-state index contributed by atoms with van der Waals surface area (Å²) in [5.41, 5.74) is 0.956. The molecule has 0 bridgehead atoms. The zero-order chi connectivity index (χ0) is 14.9. The third-order valence-electron chi connectivity index (χ3n) is 3.01. The minimum Gasteiger partial charge on any atom is -0.368 e. The number of hydrogen-bond donors (Lipinski definition) is 1. The molecule has 0 aliphatic carbocycles. The van der Waals surface area contributed by atoms with Gasteiger partial charge in [-0.25, -0.2) is 8.42 Å². The van der Waals surface area contributed by atoms with Crippen molar-refractivity contribution < 1.29 is 17.9 Å².